The Balaban J connectivity index is 1.80. The molecule has 0 aromatic heterocycles. The van der Waals surface area contributed by atoms with Gasteiger partial charge in [0.2, 0.25) is 0 Å². The molecule has 0 aliphatic carbocycles. The average molecular weight is 279 g/mol. The Morgan fingerprint density at radius 2 is 2.25 bits per heavy atom. The SMILES string of the molecule is CC(O)CC1CN(C(=O)OCc2ccccc2)CCO1. The quantitative estimate of drug-likeness (QED) is 0.913. The van der Waals surface area contributed by atoms with Crippen molar-refractivity contribution in [3.63, 3.8) is 0 Å². The van der Waals surface area contributed by atoms with E-state index >= 15 is 0 Å². The van der Waals surface area contributed by atoms with Crippen LogP contribution in [0.5, 0.6) is 0 Å². The van der Waals surface area contributed by atoms with Gasteiger partial charge in [0.05, 0.1) is 25.4 Å². The predicted molar refractivity (Wildman–Crippen MR) is 74.2 cm³/mol. The molecule has 1 aromatic rings. The molecule has 1 aromatic carbocycles. The second-order valence-corrected chi connectivity index (χ2v) is 5.06. The highest BCUT2D eigenvalue weighted by Crippen LogP contribution is 2.12. The molecule has 0 radical (unpaired) electrons. The van der Waals surface area contributed by atoms with Crippen LogP contribution in [0.15, 0.2) is 30.3 Å². The van der Waals surface area contributed by atoms with E-state index in [4.69, 9.17) is 9.47 Å². The van der Waals surface area contributed by atoms with Crippen LogP contribution in [-0.4, -0.2) is 48.0 Å². The summed E-state index contributed by atoms with van der Waals surface area (Å²) >= 11 is 0. The van der Waals surface area contributed by atoms with Crippen LogP contribution in [-0.2, 0) is 16.1 Å². The minimum Gasteiger partial charge on any atom is -0.445 e. The van der Waals surface area contributed by atoms with E-state index in [1.165, 1.54) is 0 Å². The number of nitrogens with zero attached hydrogens (tertiary/aromatic N) is 1. The van der Waals surface area contributed by atoms with Gasteiger partial charge in [0.15, 0.2) is 0 Å². The van der Waals surface area contributed by atoms with Gasteiger partial charge >= 0.3 is 6.09 Å². The summed E-state index contributed by atoms with van der Waals surface area (Å²) < 4.78 is 10.8. The summed E-state index contributed by atoms with van der Waals surface area (Å²) in [5.74, 6) is 0. The van der Waals surface area contributed by atoms with Gasteiger partial charge in [-0.05, 0) is 12.5 Å². The maximum atomic E-state index is 12.0. The van der Waals surface area contributed by atoms with Crippen LogP contribution in [0, 0.1) is 0 Å². The maximum absolute atomic E-state index is 12.0. The molecule has 1 aliphatic heterocycles. The molecule has 0 bridgehead atoms. The number of rotatable bonds is 4. The summed E-state index contributed by atoms with van der Waals surface area (Å²) in [6, 6.07) is 9.59. The van der Waals surface area contributed by atoms with Crippen molar-refractivity contribution in [2.24, 2.45) is 0 Å². The first-order valence-electron chi connectivity index (χ1n) is 6.90. The Morgan fingerprint density at radius 3 is 2.95 bits per heavy atom. The Hall–Kier alpha value is -1.59. The normalized spacial score (nSPS) is 20.5. The summed E-state index contributed by atoms with van der Waals surface area (Å²) in [6.07, 6.45) is -0.344. The van der Waals surface area contributed by atoms with Crippen LogP contribution in [0.2, 0.25) is 0 Å². The van der Waals surface area contributed by atoms with Crippen LogP contribution < -0.4 is 0 Å². The zero-order chi connectivity index (χ0) is 14.4. The molecule has 5 nitrogen and oxygen atoms in total. The molecule has 2 unspecified atom stereocenters. The van der Waals surface area contributed by atoms with Gasteiger partial charge in [0.25, 0.3) is 0 Å². The fourth-order valence-electron chi connectivity index (χ4n) is 2.22. The van der Waals surface area contributed by atoms with Crippen molar-refractivity contribution in [3.8, 4) is 0 Å². The van der Waals surface area contributed by atoms with Crippen LogP contribution in [0.4, 0.5) is 4.79 Å². The van der Waals surface area contributed by atoms with Crippen LogP contribution in [0.3, 0.4) is 0 Å². The fourth-order valence-corrected chi connectivity index (χ4v) is 2.22. The molecule has 1 fully saturated rings. The Labute approximate surface area is 119 Å². The number of carbonyl (C=O) groups is 1. The monoisotopic (exact) mass is 279 g/mol. The Kier molecular flexibility index (Phi) is 5.38. The molecule has 0 spiro atoms. The van der Waals surface area contributed by atoms with E-state index in [0.717, 1.165) is 5.56 Å². The van der Waals surface area contributed by atoms with Crippen molar-refractivity contribution in [1.82, 2.24) is 4.90 Å². The molecule has 110 valence electrons. The smallest absolute Gasteiger partial charge is 0.410 e. The molecule has 5 heteroatoms. The van der Waals surface area contributed by atoms with E-state index in [1.54, 1.807) is 11.8 Å². The predicted octanol–water partition coefficient (Wildman–Crippen LogP) is 1.79. The van der Waals surface area contributed by atoms with E-state index in [9.17, 15) is 9.90 Å². The second-order valence-electron chi connectivity index (χ2n) is 5.06. The van der Waals surface area contributed by atoms with E-state index < -0.39 is 6.10 Å². The van der Waals surface area contributed by atoms with E-state index in [1.807, 2.05) is 30.3 Å². The van der Waals surface area contributed by atoms with E-state index in [-0.39, 0.29) is 18.8 Å². The lowest BCUT2D eigenvalue weighted by atomic mass is 10.1. The van der Waals surface area contributed by atoms with Crippen LogP contribution in [0.25, 0.3) is 0 Å². The van der Waals surface area contributed by atoms with Gasteiger partial charge < -0.3 is 19.5 Å². The van der Waals surface area contributed by atoms with Gasteiger partial charge in [-0.3, -0.25) is 0 Å². The highest BCUT2D eigenvalue weighted by atomic mass is 16.6. The van der Waals surface area contributed by atoms with Gasteiger partial charge in [-0.25, -0.2) is 4.79 Å². The van der Waals surface area contributed by atoms with Crippen molar-refractivity contribution in [3.05, 3.63) is 35.9 Å². The summed E-state index contributed by atoms with van der Waals surface area (Å²) in [6.45, 7) is 3.48. The largest absolute Gasteiger partial charge is 0.445 e. The third kappa shape index (κ3) is 4.51. The lowest BCUT2D eigenvalue weighted by Gasteiger charge is -2.32. The molecule has 0 saturated carbocycles. The number of ether oxygens (including phenoxy) is 2. The number of hydrogen-bond acceptors (Lipinski definition) is 4. The van der Waals surface area contributed by atoms with Gasteiger partial charge in [-0.15, -0.1) is 0 Å². The number of aliphatic hydroxyl groups excluding tert-OH is 1. The molecular formula is C15H21NO4. The number of carbonyl (C=O) groups excluding carboxylic acids is 1. The lowest BCUT2D eigenvalue weighted by Crippen LogP contribution is -2.46. The minimum absolute atomic E-state index is 0.118. The van der Waals surface area contributed by atoms with Crippen LogP contribution >= 0.6 is 0 Å². The fraction of sp³-hybridized carbons (Fsp3) is 0.533. The summed E-state index contributed by atoms with van der Waals surface area (Å²) in [7, 11) is 0. The van der Waals surface area contributed by atoms with E-state index in [0.29, 0.717) is 26.1 Å². The zero-order valence-corrected chi connectivity index (χ0v) is 11.7. The van der Waals surface area contributed by atoms with Gasteiger partial charge in [0.1, 0.15) is 6.61 Å². The molecule has 1 saturated heterocycles. The second kappa shape index (κ2) is 7.26. The van der Waals surface area contributed by atoms with Gasteiger partial charge in [0, 0.05) is 13.0 Å². The summed E-state index contributed by atoms with van der Waals surface area (Å²) in [5.41, 5.74) is 0.967. The first-order chi connectivity index (χ1) is 9.65. The topological polar surface area (TPSA) is 59.0 Å². The zero-order valence-electron chi connectivity index (χ0n) is 11.7. The number of hydrogen-bond donors (Lipinski definition) is 1. The molecule has 20 heavy (non-hydrogen) atoms. The standard InChI is InChI=1S/C15H21NO4/c1-12(17)9-14-10-16(7-8-19-14)15(18)20-11-13-5-3-2-4-6-13/h2-6,12,14,17H,7-11H2,1H3. The Morgan fingerprint density at radius 1 is 1.50 bits per heavy atom. The molecule has 1 heterocycles. The lowest BCUT2D eigenvalue weighted by molar-refractivity contribution is -0.0457. The average Bonchev–Trinajstić information content (AvgIpc) is 2.45. The first-order valence-corrected chi connectivity index (χ1v) is 6.90. The summed E-state index contributed by atoms with van der Waals surface area (Å²) in [5, 5.41) is 9.37. The highest BCUT2D eigenvalue weighted by Gasteiger charge is 2.26. The molecule has 2 rings (SSSR count). The van der Waals surface area contributed by atoms with Crippen molar-refractivity contribution in [1.29, 1.82) is 0 Å². The van der Waals surface area contributed by atoms with E-state index in [2.05, 4.69) is 0 Å². The molecular weight excluding hydrogens is 258 g/mol. The molecule has 1 N–H and O–H groups in total. The first kappa shape index (κ1) is 14.8. The van der Waals surface area contributed by atoms with Gasteiger partial charge in [-0.1, -0.05) is 30.3 Å². The van der Waals surface area contributed by atoms with Crippen molar-refractivity contribution >= 4 is 6.09 Å². The molecule has 1 amide bonds. The van der Waals surface area contributed by atoms with Crippen molar-refractivity contribution in [2.75, 3.05) is 19.7 Å². The van der Waals surface area contributed by atoms with Crippen molar-refractivity contribution < 1.29 is 19.4 Å². The highest BCUT2D eigenvalue weighted by molar-refractivity contribution is 5.67. The third-order valence-electron chi connectivity index (χ3n) is 3.21. The number of morpholine rings is 1. The number of amides is 1. The number of aliphatic hydroxyl groups is 1. The van der Waals surface area contributed by atoms with Gasteiger partial charge in [-0.2, -0.15) is 0 Å². The maximum Gasteiger partial charge on any atom is 0.410 e. The molecule has 1 aliphatic rings. The number of benzene rings is 1. The Bertz CT molecular complexity index is 421. The summed E-state index contributed by atoms with van der Waals surface area (Å²) in [4.78, 5) is 13.6. The third-order valence-corrected chi connectivity index (χ3v) is 3.21. The van der Waals surface area contributed by atoms with Crippen molar-refractivity contribution in [2.45, 2.75) is 32.2 Å². The van der Waals surface area contributed by atoms with Crippen LogP contribution in [0.1, 0.15) is 18.9 Å². The molecule has 2 atom stereocenters. The minimum atomic E-state index is -0.430.